The van der Waals surface area contributed by atoms with E-state index in [9.17, 15) is 4.39 Å². The summed E-state index contributed by atoms with van der Waals surface area (Å²) in [6.45, 7) is 5.28. The summed E-state index contributed by atoms with van der Waals surface area (Å²) in [5.74, 6) is 0.556. The summed E-state index contributed by atoms with van der Waals surface area (Å²) in [6, 6.07) is 5.58. The molecule has 0 fully saturated rings. The second-order valence-corrected chi connectivity index (χ2v) is 4.37. The maximum absolute atomic E-state index is 13.4. The van der Waals surface area contributed by atoms with Crippen molar-refractivity contribution in [3.05, 3.63) is 35.1 Å². The van der Waals surface area contributed by atoms with E-state index in [-0.39, 0.29) is 11.9 Å². The van der Waals surface area contributed by atoms with Crippen molar-refractivity contribution in [2.24, 2.45) is 5.92 Å². The number of halogens is 1. The van der Waals surface area contributed by atoms with Crippen molar-refractivity contribution in [1.82, 2.24) is 5.32 Å². The van der Waals surface area contributed by atoms with E-state index in [0.29, 0.717) is 5.92 Å². The maximum Gasteiger partial charge on any atom is 0.128 e. The van der Waals surface area contributed by atoms with E-state index < -0.39 is 0 Å². The van der Waals surface area contributed by atoms with Gasteiger partial charge in [-0.2, -0.15) is 0 Å². The Morgan fingerprint density at radius 3 is 2.93 bits per heavy atom. The van der Waals surface area contributed by atoms with E-state index in [0.717, 1.165) is 24.1 Å². The molecule has 0 aliphatic heterocycles. The summed E-state index contributed by atoms with van der Waals surface area (Å²) in [6.07, 6.45) is 0.972. The largest absolute Gasteiger partial charge is 0.309 e. The first-order valence-corrected chi connectivity index (χ1v) is 5.19. The highest BCUT2D eigenvalue weighted by Gasteiger charge is 2.28. The highest BCUT2D eigenvalue weighted by Crippen LogP contribution is 2.34. The van der Waals surface area contributed by atoms with Gasteiger partial charge in [-0.15, -0.1) is 0 Å². The molecule has 0 radical (unpaired) electrons. The van der Waals surface area contributed by atoms with Gasteiger partial charge in [0.1, 0.15) is 5.82 Å². The zero-order valence-corrected chi connectivity index (χ0v) is 8.68. The third-order valence-corrected chi connectivity index (χ3v) is 2.69. The third-order valence-electron chi connectivity index (χ3n) is 2.69. The molecule has 0 saturated heterocycles. The van der Waals surface area contributed by atoms with Crippen LogP contribution in [-0.2, 0) is 6.42 Å². The zero-order valence-electron chi connectivity index (χ0n) is 8.68. The van der Waals surface area contributed by atoms with E-state index in [4.69, 9.17) is 0 Å². The number of fused-ring (bicyclic) bond motifs is 1. The van der Waals surface area contributed by atoms with Crippen molar-refractivity contribution in [2.75, 3.05) is 6.54 Å². The summed E-state index contributed by atoms with van der Waals surface area (Å²) in [4.78, 5) is 0. The summed E-state index contributed by atoms with van der Waals surface area (Å²) in [5.41, 5.74) is 2.04. The molecule has 1 aliphatic carbocycles. The summed E-state index contributed by atoms with van der Waals surface area (Å²) < 4.78 is 13.4. The predicted octanol–water partition coefficient (Wildman–Crippen LogP) is 2.67. The van der Waals surface area contributed by atoms with E-state index in [2.05, 4.69) is 19.2 Å². The molecule has 0 heterocycles. The van der Waals surface area contributed by atoms with Crippen molar-refractivity contribution in [1.29, 1.82) is 0 Å². The number of hydrogen-bond acceptors (Lipinski definition) is 1. The molecule has 0 amide bonds. The molecule has 1 aliphatic rings. The smallest absolute Gasteiger partial charge is 0.128 e. The molecule has 14 heavy (non-hydrogen) atoms. The minimum atomic E-state index is -0.0602. The van der Waals surface area contributed by atoms with Gasteiger partial charge < -0.3 is 5.32 Å². The van der Waals surface area contributed by atoms with Crippen molar-refractivity contribution in [2.45, 2.75) is 26.3 Å². The Morgan fingerprint density at radius 1 is 1.50 bits per heavy atom. The van der Waals surface area contributed by atoms with Crippen LogP contribution in [0.15, 0.2) is 18.2 Å². The minimum Gasteiger partial charge on any atom is -0.309 e. The number of nitrogens with one attached hydrogen (secondary N) is 1. The molecule has 1 nitrogen and oxygen atoms in total. The molecule has 1 aromatic carbocycles. The predicted molar refractivity (Wildman–Crippen MR) is 55.7 cm³/mol. The Kier molecular flexibility index (Phi) is 2.55. The Bertz CT molecular complexity index is 319. The molecule has 0 saturated carbocycles. The van der Waals surface area contributed by atoms with Crippen LogP contribution in [0.3, 0.4) is 0 Å². The average Bonchev–Trinajstić information content (AvgIpc) is 2.06. The van der Waals surface area contributed by atoms with Crippen molar-refractivity contribution < 1.29 is 4.39 Å². The molecule has 1 N–H and O–H groups in total. The first kappa shape index (κ1) is 9.66. The van der Waals surface area contributed by atoms with Gasteiger partial charge in [0.05, 0.1) is 0 Å². The van der Waals surface area contributed by atoms with Crippen LogP contribution in [-0.4, -0.2) is 6.54 Å². The zero-order chi connectivity index (χ0) is 10.1. The minimum absolute atomic E-state index is 0.0602. The second-order valence-electron chi connectivity index (χ2n) is 4.37. The van der Waals surface area contributed by atoms with Crippen molar-refractivity contribution in [3.63, 3.8) is 0 Å². The Labute approximate surface area is 84.3 Å². The Balaban J connectivity index is 2.04. The molecule has 76 valence electrons. The normalized spacial score (nSPS) is 19.3. The highest BCUT2D eigenvalue weighted by molar-refractivity contribution is 5.40. The van der Waals surface area contributed by atoms with E-state index in [1.807, 2.05) is 6.07 Å². The van der Waals surface area contributed by atoms with Gasteiger partial charge in [0.25, 0.3) is 0 Å². The van der Waals surface area contributed by atoms with Crippen LogP contribution in [0.4, 0.5) is 4.39 Å². The summed E-state index contributed by atoms with van der Waals surface area (Å²) >= 11 is 0. The molecule has 2 heteroatoms. The summed E-state index contributed by atoms with van der Waals surface area (Å²) in [7, 11) is 0. The molecular weight excluding hydrogens is 177 g/mol. The lowest BCUT2D eigenvalue weighted by Crippen LogP contribution is -2.34. The average molecular weight is 193 g/mol. The number of benzene rings is 1. The lowest BCUT2D eigenvalue weighted by Gasteiger charge is -2.32. The fourth-order valence-electron chi connectivity index (χ4n) is 1.89. The van der Waals surface area contributed by atoms with Crippen LogP contribution in [0.5, 0.6) is 0 Å². The molecule has 1 aromatic rings. The summed E-state index contributed by atoms with van der Waals surface area (Å²) in [5, 5.41) is 3.38. The van der Waals surface area contributed by atoms with Gasteiger partial charge in [-0.25, -0.2) is 4.39 Å². The van der Waals surface area contributed by atoms with Crippen LogP contribution in [0.25, 0.3) is 0 Å². The number of rotatable bonds is 3. The monoisotopic (exact) mass is 193 g/mol. The molecule has 0 spiro atoms. The molecule has 0 aromatic heterocycles. The van der Waals surface area contributed by atoms with Crippen LogP contribution < -0.4 is 5.32 Å². The lowest BCUT2D eigenvalue weighted by atomic mass is 9.82. The Hall–Kier alpha value is -0.890. The standard InChI is InChI=1S/C12H16FN/c1-8(2)7-14-11-6-9-4-3-5-10(13)12(9)11/h3-5,8,11,14H,6-7H2,1-2H3. The molecule has 0 bridgehead atoms. The van der Waals surface area contributed by atoms with Crippen LogP contribution in [0.2, 0.25) is 0 Å². The van der Waals surface area contributed by atoms with Crippen LogP contribution in [0.1, 0.15) is 31.0 Å². The van der Waals surface area contributed by atoms with E-state index in [1.165, 1.54) is 0 Å². The second kappa shape index (κ2) is 3.70. The quantitative estimate of drug-likeness (QED) is 0.778. The molecule has 1 unspecified atom stereocenters. The first-order valence-electron chi connectivity index (χ1n) is 5.19. The SMILES string of the molecule is CC(C)CNC1Cc2cccc(F)c21. The van der Waals surface area contributed by atoms with E-state index >= 15 is 0 Å². The van der Waals surface area contributed by atoms with Gasteiger partial charge in [0.15, 0.2) is 0 Å². The maximum atomic E-state index is 13.4. The van der Waals surface area contributed by atoms with E-state index in [1.54, 1.807) is 12.1 Å². The first-order chi connectivity index (χ1) is 6.68. The van der Waals surface area contributed by atoms with Gasteiger partial charge in [-0.05, 0) is 30.5 Å². The van der Waals surface area contributed by atoms with Crippen LogP contribution in [0, 0.1) is 11.7 Å². The van der Waals surface area contributed by atoms with Gasteiger partial charge in [0, 0.05) is 11.6 Å². The number of hydrogen-bond donors (Lipinski definition) is 1. The van der Waals surface area contributed by atoms with Gasteiger partial charge >= 0.3 is 0 Å². The molecular formula is C12H16FN. The van der Waals surface area contributed by atoms with Crippen molar-refractivity contribution >= 4 is 0 Å². The van der Waals surface area contributed by atoms with Gasteiger partial charge in [0.2, 0.25) is 0 Å². The fourth-order valence-corrected chi connectivity index (χ4v) is 1.89. The van der Waals surface area contributed by atoms with Gasteiger partial charge in [-0.1, -0.05) is 26.0 Å². The molecule has 2 rings (SSSR count). The van der Waals surface area contributed by atoms with Crippen LogP contribution >= 0.6 is 0 Å². The van der Waals surface area contributed by atoms with Gasteiger partial charge in [-0.3, -0.25) is 0 Å². The third kappa shape index (κ3) is 1.67. The molecule has 1 atom stereocenters. The Morgan fingerprint density at radius 2 is 2.29 bits per heavy atom. The highest BCUT2D eigenvalue weighted by atomic mass is 19.1. The fraction of sp³-hybridized carbons (Fsp3) is 0.500. The lowest BCUT2D eigenvalue weighted by molar-refractivity contribution is 0.418. The topological polar surface area (TPSA) is 12.0 Å². The van der Waals surface area contributed by atoms with Crippen molar-refractivity contribution in [3.8, 4) is 0 Å².